The number of hydrogen-bond acceptors (Lipinski definition) is 4. The monoisotopic (exact) mass is 267 g/mol. The highest BCUT2D eigenvalue weighted by atomic mass is 32.1. The topological polar surface area (TPSA) is 49.3 Å². The van der Waals surface area contributed by atoms with Gasteiger partial charge in [0.25, 0.3) is 5.91 Å². The van der Waals surface area contributed by atoms with Gasteiger partial charge in [-0.05, 0) is 35.4 Å². The van der Waals surface area contributed by atoms with Crippen LogP contribution in [0.4, 0.5) is 0 Å². The van der Waals surface area contributed by atoms with Crippen LogP contribution in [0.5, 0.6) is 0 Å². The molecule has 0 saturated carbocycles. The predicted octanol–water partition coefficient (Wildman–Crippen LogP) is 2.58. The summed E-state index contributed by atoms with van der Waals surface area (Å²) in [5.41, 5.74) is 1.06. The Morgan fingerprint density at radius 1 is 1.41 bits per heavy atom. The van der Waals surface area contributed by atoms with Gasteiger partial charge in [0.05, 0.1) is 4.88 Å². The van der Waals surface area contributed by atoms with Gasteiger partial charge < -0.3 is 10.4 Å². The largest absolute Gasteiger partial charge is 0.386 e. The maximum Gasteiger partial charge on any atom is 0.261 e. The maximum atomic E-state index is 11.7. The Hall–Kier alpha value is -1.17. The molecule has 17 heavy (non-hydrogen) atoms. The smallest absolute Gasteiger partial charge is 0.261 e. The van der Waals surface area contributed by atoms with E-state index in [1.165, 1.54) is 22.7 Å². The molecule has 3 nitrogen and oxygen atoms in total. The van der Waals surface area contributed by atoms with E-state index in [2.05, 4.69) is 5.32 Å². The number of carbonyl (C=O) groups excluding carboxylic acids is 1. The number of thiophene rings is 2. The molecule has 1 amide bonds. The minimum atomic E-state index is -0.626. The van der Waals surface area contributed by atoms with Crippen molar-refractivity contribution >= 4 is 28.6 Å². The number of carbonyl (C=O) groups is 1. The molecule has 2 heterocycles. The van der Waals surface area contributed by atoms with Crippen LogP contribution < -0.4 is 5.32 Å². The molecule has 0 fully saturated rings. The summed E-state index contributed by atoms with van der Waals surface area (Å²) in [7, 11) is 0. The highest BCUT2D eigenvalue weighted by Crippen LogP contribution is 2.23. The van der Waals surface area contributed by atoms with Crippen molar-refractivity contribution < 1.29 is 9.90 Å². The first-order chi connectivity index (χ1) is 8.18. The van der Waals surface area contributed by atoms with Crippen molar-refractivity contribution in [3.05, 3.63) is 44.3 Å². The third-order valence-electron chi connectivity index (χ3n) is 2.41. The van der Waals surface area contributed by atoms with E-state index in [9.17, 15) is 9.90 Å². The predicted molar refractivity (Wildman–Crippen MR) is 70.7 cm³/mol. The SMILES string of the molecule is Cc1ccsc1[C@@H](O)CNC(=O)c1cccs1. The molecular weight excluding hydrogens is 254 g/mol. The van der Waals surface area contributed by atoms with E-state index in [4.69, 9.17) is 0 Å². The van der Waals surface area contributed by atoms with Gasteiger partial charge in [-0.15, -0.1) is 22.7 Å². The normalized spacial score (nSPS) is 12.4. The zero-order valence-electron chi connectivity index (χ0n) is 9.34. The summed E-state index contributed by atoms with van der Waals surface area (Å²) < 4.78 is 0. The van der Waals surface area contributed by atoms with Crippen molar-refractivity contribution in [2.24, 2.45) is 0 Å². The first-order valence-electron chi connectivity index (χ1n) is 5.22. The van der Waals surface area contributed by atoms with E-state index in [1.54, 1.807) is 6.07 Å². The van der Waals surface area contributed by atoms with Crippen LogP contribution in [0.3, 0.4) is 0 Å². The minimum Gasteiger partial charge on any atom is -0.386 e. The number of nitrogens with one attached hydrogen (secondary N) is 1. The lowest BCUT2D eigenvalue weighted by atomic mass is 10.2. The lowest BCUT2D eigenvalue weighted by molar-refractivity contribution is 0.0921. The lowest BCUT2D eigenvalue weighted by Crippen LogP contribution is -2.27. The number of aliphatic hydroxyl groups is 1. The number of amides is 1. The second-order valence-electron chi connectivity index (χ2n) is 3.67. The van der Waals surface area contributed by atoms with Crippen LogP contribution in [0, 0.1) is 6.92 Å². The molecule has 1 atom stereocenters. The summed E-state index contributed by atoms with van der Waals surface area (Å²) >= 11 is 2.90. The average Bonchev–Trinajstić information content (AvgIpc) is 2.95. The molecule has 2 N–H and O–H groups in total. The Bertz CT molecular complexity index is 490. The molecule has 0 spiro atoms. The van der Waals surface area contributed by atoms with Crippen LogP contribution >= 0.6 is 22.7 Å². The summed E-state index contributed by atoms with van der Waals surface area (Å²) in [6, 6.07) is 5.56. The molecule has 0 aromatic carbocycles. The van der Waals surface area contributed by atoms with Crippen molar-refractivity contribution in [3.63, 3.8) is 0 Å². The molecule has 5 heteroatoms. The van der Waals surface area contributed by atoms with E-state index in [-0.39, 0.29) is 12.5 Å². The zero-order valence-corrected chi connectivity index (χ0v) is 11.0. The second kappa shape index (κ2) is 5.44. The number of aliphatic hydroxyl groups excluding tert-OH is 1. The molecule has 0 saturated heterocycles. The van der Waals surface area contributed by atoms with Crippen molar-refractivity contribution in [3.8, 4) is 0 Å². The molecular formula is C12H13NO2S2. The van der Waals surface area contributed by atoms with Crippen LogP contribution in [0.2, 0.25) is 0 Å². The molecule has 0 aliphatic heterocycles. The van der Waals surface area contributed by atoms with Crippen LogP contribution in [0.15, 0.2) is 29.0 Å². The van der Waals surface area contributed by atoms with Crippen molar-refractivity contribution in [1.29, 1.82) is 0 Å². The summed E-state index contributed by atoms with van der Waals surface area (Å²) in [4.78, 5) is 13.2. The standard InChI is InChI=1S/C12H13NO2S2/c1-8-4-6-17-11(8)9(14)7-13-12(15)10-3-2-5-16-10/h2-6,9,14H,7H2,1H3,(H,13,15)/t9-/m0/s1. The van der Waals surface area contributed by atoms with E-state index in [0.717, 1.165) is 10.4 Å². The first-order valence-corrected chi connectivity index (χ1v) is 6.98. The molecule has 2 aromatic heterocycles. The van der Waals surface area contributed by atoms with Crippen LogP contribution in [-0.2, 0) is 0 Å². The Kier molecular flexibility index (Phi) is 3.93. The van der Waals surface area contributed by atoms with E-state index >= 15 is 0 Å². The summed E-state index contributed by atoms with van der Waals surface area (Å²) in [5, 5.41) is 16.5. The van der Waals surface area contributed by atoms with Gasteiger partial charge in [0.1, 0.15) is 6.10 Å². The van der Waals surface area contributed by atoms with Crippen molar-refractivity contribution in [1.82, 2.24) is 5.32 Å². The fourth-order valence-corrected chi connectivity index (χ4v) is 3.06. The first kappa shape index (κ1) is 12.3. The van der Waals surface area contributed by atoms with Crippen LogP contribution in [-0.4, -0.2) is 17.6 Å². The van der Waals surface area contributed by atoms with Gasteiger partial charge in [0.15, 0.2) is 0 Å². The molecule has 90 valence electrons. The summed E-state index contributed by atoms with van der Waals surface area (Å²) in [6.07, 6.45) is -0.626. The van der Waals surface area contributed by atoms with Gasteiger partial charge in [-0.1, -0.05) is 6.07 Å². The van der Waals surface area contributed by atoms with Gasteiger partial charge in [-0.3, -0.25) is 4.79 Å². The molecule has 0 bridgehead atoms. The molecule has 0 unspecified atom stereocenters. The second-order valence-corrected chi connectivity index (χ2v) is 5.57. The molecule has 2 aromatic rings. The fourth-order valence-electron chi connectivity index (χ4n) is 1.50. The number of aryl methyl sites for hydroxylation is 1. The van der Waals surface area contributed by atoms with Gasteiger partial charge in [0, 0.05) is 11.4 Å². The van der Waals surface area contributed by atoms with Crippen LogP contribution in [0.1, 0.15) is 26.2 Å². The average molecular weight is 267 g/mol. The lowest BCUT2D eigenvalue weighted by Gasteiger charge is -2.10. The third kappa shape index (κ3) is 2.94. The van der Waals surface area contributed by atoms with Crippen molar-refractivity contribution in [2.45, 2.75) is 13.0 Å². The van der Waals surface area contributed by atoms with E-state index in [0.29, 0.717) is 4.88 Å². The Labute approximate surface area is 108 Å². The summed E-state index contributed by atoms with van der Waals surface area (Å²) in [6.45, 7) is 2.20. The Morgan fingerprint density at radius 3 is 2.82 bits per heavy atom. The molecule has 0 aliphatic rings. The minimum absolute atomic E-state index is 0.131. The fraction of sp³-hybridized carbons (Fsp3) is 0.250. The van der Waals surface area contributed by atoms with Gasteiger partial charge in [-0.2, -0.15) is 0 Å². The van der Waals surface area contributed by atoms with E-state index in [1.807, 2.05) is 29.8 Å². The molecule has 0 aliphatic carbocycles. The Balaban J connectivity index is 1.91. The highest BCUT2D eigenvalue weighted by Gasteiger charge is 2.14. The van der Waals surface area contributed by atoms with Gasteiger partial charge in [-0.25, -0.2) is 0 Å². The quantitative estimate of drug-likeness (QED) is 0.894. The van der Waals surface area contributed by atoms with Crippen molar-refractivity contribution in [2.75, 3.05) is 6.54 Å². The number of rotatable bonds is 4. The Morgan fingerprint density at radius 2 is 2.24 bits per heavy atom. The zero-order chi connectivity index (χ0) is 12.3. The maximum absolute atomic E-state index is 11.7. The van der Waals surface area contributed by atoms with Gasteiger partial charge >= 0.3 is 0 Å². The number of hydrogen-bond donors (Lipinski definition) is 2. The summed E-state index contributed by atoms with van der Waals surface area (Å²) in [5.74, 6) is -0.131. The van der Waals surface area contributed by atoms with Gasteiger partial charge in [0.2, 0.25) is 0 Å². The molecule has 0 radical (unpaired) electrons. The highest BCUT2D eigenvalue weighted by molar-refractivity contribution is 7.12. The molecule has 2 rings (SSSR count). The van der Waals surface area contributed by atoms with E-state index < -0.39 is 6.10 Å². The van der Waals surface area contributed by atoms with Crippen LogP contribution in [0.25, 0.3) is 0 Å². The third-order valence-corrected chi connectivity index (χ3v) is 4.39.